The number of ketones is 1. The first-order valence-corrected chi connectivity index (χ1v) is 14.1. The second kappa shape index (κ2) is 12.0. The Labute approximate surface area is 231 Å². The highest BCUT2D eigenvalue weighted by Gasteiger charge is 2.19. The number of fused-ring (bicyclic) bond motifs is 1. The quantitative estimate of drug-likeness (QED) is 0.183. The summed E-state index contributed by atoms with van der Waals surface area (Å²) in [6.07, 6.45) is 1.97. The molecule has 0 radical (unpaired) electrons. The zero-order valence-corrected chi connectivity index (χ0v) is 22.9. The Bertz CT molecular complexity index is 1580. The standard InChI is InChI=1S/C31H31N3O4S/c1-20-10-12-25(21(2)15-20)28(35)19-39-31-33-27-16-23(29(36)32-17-24-9-6-14-38-24)11-13-26(27)30(37)34(31)18-22-7-4-3-5-8-22/h3-5,7-8,10-13,15-16,24H,6,9,14,17-19H2,1-2H3,(H,32,36)/t24-/m1/s1. The molecule has 1 aromatic heterocycles. The molecule has 8 heteroatoms. The van der Waals surface area contributed by atoms with E-state index in [0.29, 0.717) is 40.3 Å². The van der Waals surface area contributed by atoms with Crippen molar-refractivity contribution in [2.45, 2.75) is 44.5 Å². The van der Waals surface area contributed by atoms with E-state index < -0.39 is 0 Å². The van der Waals surface area contributed by atoms with Crippen LogP contribution in [0.1, 0.15) is 50.2 Å². The Morgan fingerprint density at radius 1 is 1.08 bits per heavy atom. The van der Waals surface area contributed by atoms with Crippen LogP contribution >= 0.6 is 11.8 Å². The summed E-state index contributed by atoms with van der Waals surface area (Å²) in [4.78, 5) is 44.3. The second-order valence-corrected chi connectivity index (χ2v) is 10.8. The Kier molecular flexibility index (Phi) is 8.24. The largest absolute Gasteiger partial charge is 0.376 e. The van der Waals surface area contributed by atoms with Gasteiger partial charge in [-0.05, 0) is 56.0 Å². The van der Waals surface area contributed by atoms with E-state index in [1.807, 2.05) is 62.4 Å². The van der Waals surface area contributed by atoms with Gasteiger partial charge in [0.05, 0.1) is 29.3 Å². The van der Waals surface area contributed by atoms with Gasteiger partial charge in [0.25, 0.3) is 11.5 Å². The number of carbonyl (C=O) groups excluding carboxylic acids is 2. The molecule has 2 heterocycles. The predicted molar refractivity (Wildman–Crippen MR) is 154 cm³/mol. The van der Waals surface area contributed by atoms with Gasteiger partial charge in [-0.3, -0.25) is 19.0 Å². The number of aromatic nitrogens is 2. The fraction of sp³-hybridized carbons (Fsp3) is 0.290. The molecule has 1 atom stereocenters. The Morgan fingerprint density at radius 2 is 1.90 bits per heavy atom. The summed E-state index contributed by atoms with van der Waals surface area (Å²) in [5.41, 5.74) is 4.28. The molecule has 0 spiro atoms. The molecule has 1 aliphatic heterocycles. The summed E-state index contributed by atoms with van der Waals surface area (Å²) in [6, 6.07) is 20.4. The molecular weight excluding hydrogens is 510 g/mol. The molecule has 5 rings (SSSR count). The van der Waals surface area contributed by atoms with E-state index in [9.17, 15) is 14.4 Å². The van der Waals surface area contributed by atoms with Gasteiger partial charge in [-0.25, -0.2) is 4.98 Å². The number of thioether (sulfide) groups is 1. The van der Waals surface area contributed by atoms with Crippen LogP contribution < -0.4 is 10.9 Å². The number of nitrogens with one attached hydrogen (secondary N) is 1. The molecule has 1 aliphatic rings. The molecule has 7 nitrogen and oxygen atoms in total. The average Bonchev–Trinajstić information content (AvgIpc) is 3.46. The molecule has 1 fully saturated rings. The zero-order valence-electron chi connectivity index (χ0n) is 22.1. The molecule has 1 amide bonds. The maximum atomic E-state index is 13.6. The number of hydrogen-bond donors (Lipinski definition) is 1. The highest BCUT2D eigenvalue weighted by Crippen LogP contribution is 2.22. The summed E-state index contributed by atoms with van der Waals surface area (Å²) in [5.74, 6) is -0.125. The van der Waals surface area contributed by atoms with E-state index in [2.05, 4.69) is 5.32 Å². The minimum Gasteiger partial charge on any atom is -0.376 e. The van der Waals surface area contributed by atoms with E-state index in [0.717, 1.165) is 36.1 Å². The van der Waals surface area contributed by atoms with Crippen molar-refractivity contribution in [3.05, 3.63) is 105 Å². The van der Waals surface area contributed by atoms with Crippen molar-refractivity contribution in [2.75, 3.05) is 18.9 Å². The van der Waals surface area contributed by atoms with Gasteiger partial charge in [0, 0.05) is 24.3 Å². The third-order valence-electron chi connectivity index (χ3n) is 6.89. The van der Waals surface area contributed by atoms with Crippen LogP contribution in [0.5, 0.6) is 0 Å². The summed E-state index contributed by atoms with van der Waals surface area (Å²) in [5, 5.41) is 3.78. The molecule has 200 valence electrons. The van der Waals surface area contributed by atoms with Gasteiger partial charge in [-0.1, -0.05) is 65.9 Å². The van der Waals surface area contributed by atoms with E-state index in [4.69, 9.17) is 9.72 Å². The van der Waals surface area contributed by atoms with Crippen LogP contribution in [0.2, 0.25) is 0 Å². The van der Waals surface area contributed by atoms with Crippen molar-refractivity contribution in [1.82, 2.24) is 14.9 Å². The van der Waals surface area contributed by atoms with Crippen LogP contribution in [0.3, 0.4) is 0 Å². The maximum Gasteiger partial charge on any atom is 0.262 e. The Balaban J connectivity index is 1.45. The molecule has 0 saturated carbocycles. The third kappa shape index (κ3) is 6.29. The number of carbonyl (C=O) groups is 2. The molecule has 0 unspecified atom stereocenters. The van der Waals surface area contributed by atoms with Gasteiger partial charge in [-0.15, -0.1) is 0 Å². The average molecular weight is 542 g/mol. The molecule has 4 aromatic rings. The minimum atomic E-state index is -0.234. The monoisotopic (exact) mass is 541 g/mol. The van der Waals surface area contributed by atoms with Crippen LogP contribution in [-0.4, -0.2) is 46.2 Å². The third-order valence-corrected chi connectivity index (χ3v) is 7.87. The fourth-order valence-electron chi connectivity index (χ4n) is 4.81. The van der Waals surface area contributed by atoms with Gasteiger partial charge in [0.15, 0.2) is 10.9 Å². The van der Waals surface area contributed by atoms with Crippen LogP contribution in [0.15, 0.2) is 76.7 Å². The predicted octanol–water partition coefficient (Wildman–Crippen LogP) is 4.95. The first kappa shape index (κ1) is 26.8. The topological polar surface area (TPSA) is 90.3 Å². The molecule has 3 aromatic carbocycles. The number of nitrogens with zero attached hydrogens (tertiary/aromatic N) is 2. The number of benzene rings is 3. The Morgan fingerprint density at radius 3 is 2.64 bits per heavy atom. The fourth-order valence-corrected chi connectivity index (χ4v) is 5.69. The highest BCUT2D eigenvalue weighted by molar-refractivity contribution is 7.99. The van der Waals surface area contributed by atoms with Crippen molar-refractivity contribution in [2.24, 2.45) is 0 Å². The Hall–Kier alpha value is -3.75. The van der Waals surface area contributed by atoms with Crippen LogP contribution in [0.4, 0.5) is 0 Å². The van der Waals surface area contributed by atoms with Gasteiger partial charge in [0.1, 0.15) is 0 Å². The molecule has 0 aliphatic carbocycles. The van der Waals surface area contributed by atoms with E-state index in [1.165, 1.54) is 11.8 Å². The molecule has 1 saturated heterocycles. The van der Waals surface area contributed by atoms with Gasteiger partial charge >= 0.3 is 0 Å². The lowest BCUT2D eigenvalue weighted by atomic mass is 10.0. The number of hydrogen-bond acceptors (Lipinski definition) is 6. The van der Waals surface area contributed by atoms with Gasteiger partial charge in [0.2, 0.25) is 0 Å². The van der Waals surface area contributed by atoms with Crippen LogP contribution in [0, 0.1) is 13.8 Å². The lowest BCUT2D eigenvalue weighted by Crippen LogP contribution is -2.31. The molecule has 1 N–H and O–H groups in total. The normalized spacial score (nSPS) is 15.0. The smallest absolute Gasteiger partial charge is 0.262 e. The van der Waals surface area contributed by atoms with E-state index >= 15 is 0 Å². The molecule has 0 bridgehead atoms. The second-order valence-electron chi connectivity index (χ2n) is 9.88. The van der Waals surface area contributed by atoms with E-state index in [-0.39, 0.29) is 29.1 Å². The highest BCUT2D eigenvalue weighted by atomic mass is 32.2. The maximum absolute atomic E-state index is 13.6. The van der Waals surface area contributed by atoms with Crippen molar-refractivity contribution >= 4 is 34.4 Å². The lowest BCUT2D eigenvalue weighted by Gasteiger charge is -2.14. The first-order valence-electron chi connectivity index (χ1n) is 13.1. The number of amides is 1. The van der Waals surface area contributed by atoms with Crippen molar-refractivity contribution in [1.29, 1.82) is 0 Å². The molecule has 39 heavy (non-hydrogen) atoms. The number of aryl methyl sites for hydroxylation is 2. The zero-order chi connectivity index (χ0) is 27.4. The van der Waals surface area contributed by atoms with Gasteiger partial charge < -0.3 is 10.1 Å². The molecular formula is C31H31N3O4S. The number of ether oxygens (including phenoxy) is 1. The van der Waals surface area contributed by atoms with Crippen LogP contribution in [0.25, 0.3) is 10.9 Å². The van der Waals surface area contributed by atoms with Crippen molar-refractivity contribution in [3.8, 4) is 0 Å². The summed E-state index contributed by atoms with van der Waals surface area (Å²) in [7, 11) is 0. The summed E-state index contributed by atoms with van der Waals surface area (Å²) in [6.45, 7) is 5.42. The van der Waals surface area contributed by atoms with Crippen molar-refractivity contribution in [3.63, 3.8) is 0 Å². The van der Waals surface area contributed by atoms with E-state index in [1.54, 1.807) is 22.8 Å². The first-order chi connectivity index (χ1) is 18.9. The minimum absolute atomic E-state index is 0.0274. The van der Waals surface area contributed by atoms with Gasteiger partial charge in [-0.2, -0.15) is 0 Å². The number of rotatable bonds is 9. The SMILES string of the molecule is Cc1ccc(C(=O)CSc2nc3cc(C(=O)NC[C@H]4CCCO4)ccc3c(=O)n2Cc2ccccc2)c(C)c1. The summed E-state index contributed by atoms with van der Waals surface area (Å²) >= 11 is 1.24. The number of Topliss-reactive ketones (excluding diaryl/α,β-unsaturated/α-hetero) is 1. The van der Waals surface area contributed by atoms with Crippen LogP contribution in [-0.2, 0) is 11.3 Å². The summed E-state index contributed by atoms with van der Waals surface area (Å²) < 4.78 is 7.20. The lowest BCUT2D eigenvalue weighted by molar-refractivity contribution is 0.0857. The van der Waals surface area contributed by atoms with Crippen molar-refractivity contribution < 1.29 is 14.3 Å².